The Morgan fingerprint density at radius 3 is 2.81 bits per heavy atom. The average Bonchev–Trinajstić information content (AvgIpc) is 2.94. The highest BCUT2D eigenvalue weighted by atomic mass is 127. The van der Waals surface area contributed by atoms with Crippen LogP contribution in [0.15, 0.2) is 42.5 Å². The summed E-state index contributed by atoms with van der Waals surface area (Å²) in [4.78, 5) is 17.1. The summed E-state index contributed by atoms with van der Waals surface area (Å²) < 4.78 is 2.93. The van der Waals surface area contributed by atoms with Gasteiger partial charge in [-0.05, 0) is 66.3 Å². The molecule has 7 heteroatoms. The number of amides is 1. The molecule has 0 bridgehead atoms. The van der Waals surface area contributed by atoms with Gasteiger partial charge in [-0.1, -0.05) is 18.2 Å². The van der Waals surface area contributed by atoms with E-state index in [-0.39, 0.29) is 12.5 Å². The van der Waals surface area contributed by atoms with Crippen molar-refractivity contribution in [3.8, 4) is 0 Å². The highest BCUT2D eigenvalue weighted by Gasteiger charge is 2.14. The predicted molar refractivity (Wildman–Crippen MR) is 112 cm³/mol. The van der Waals surface area contributed by atoms with Gasteiger partial charge in [-0.15, -0.1) is 0 Å². The number of aromatic nitrogens is 2. The number of halogens is 1. The molecule has 2 aromatic carbocycles. The molecule has 3 aromatic rings. The number of benzene rings is 2. The summed E-state index contributed by atoms with van der Waals surface area (Å²) in [6.45, 7) is 4.23. The zero-order valence-corrected chi connectivity index (χ0v) is 16.8. The molecule has 3 rings (SSSR count). The van der Waals surface area contributed by atoms with E-state index in [1.807, 2.05) is 54.0 Å². The first-order chi connectivity index (χ1) is 12.4. The summed E-state index contributed by atoms with van der Waals surface area (Å²) in [7, 11) is 0. The van der Waals surface area contributed by atoms with Crippen molar-refractivity contribution in [2.75, 3.05) is 17.2 Å². The molecule has 0 aliphatic carbocycles. The molecule has 0 aliphatic heterocycles. The van der Waals surface area contributed by atoms with Gasteiger partial charge in [-0.2, -0.15) is 0 Å². The predicted octanol–water partition coefficient (Wildman–Crippen LogP) is 3.38. The molecule has 0 aliphatic rings. The van der Waals surface area contributed by atoms with Gasteiger partial charge in [-0.25, -0.2) is 4.98 Å². The summed E-state index contributed by atoms with van der Waals surface area (Å²) in [6, 6.07) is 13.5. The maximum absolute atomic E-state index is 12.6. The van der Waals surface area contributed by atoms with E-state index in [0.29, 0.717) is 12.5 Å². The van der Waals surface area contributed by atoms with Crippen LogP contribution in [0.1, 0.15) is 12.5 Å². The van der Waals surface area contributed by atoms with Gasteiger partial charge in [0.05, 0.1) is 17.1 Å². The number of fused-ring (bicyclic) bond motifs is 1. The SMILES string of the molecule is Cc1ccc(NC(=O)Cn2c(NCC(C)O)nc3ccccc32)cc1I. The largest absolute Gasteiger partial charge is 0.392 e. The lowest BCUT2D eigenvalue weighted by Gasteiger charge is -2.12. The first-order valence-corrected chi connectivity index (χ1v) is 9.45. The highest BCUT2D eigenvalue weighted by Crippen LogP contribution is 2.21. The van der Waals surface area contributed by atoms with Gasteiger partial charge in [0.25, 0.3) is 0 Å². The summed E-state index contributed by atoms with van der Waals surface area (Å²) in [5.74, 6) is 0.439. The summed E-state index contributed by atoms with van der Waals surface area (Å²) in [5.41, 5.74) is 3.62. The van der Waals surface area contributed by atoms with E-state index in [0.717, 1.165) is 20.3 Å². The Morgan fingerprint density at radius 2 is 2.08 bits per heavy atom. The van der Waals surface area contributed by atoms with Crippen LogP contribution in [0.5, 0.6) is 0 Å². The number of rotatable bonds is 6. The first-order valence-electron chi connectivity index (χ1n) is 8.37. The number of anilines is 2. The summed E-state index contributed by atoms with van der Waals surface area (Å²) in [6.07, 6.45) is -0.508. The van der Waals surface area contributed by atoms with Gasteiger partial charge in [0.2, 0.25) is 11.9 Å². The van der Waals surface area contributed by atoms with Crippen LogP contribution >= 0.6 is 22.6 Å². The van der Waals surface area contributed by atoms with Crippen molar-refractivity contribution in [3.05, 3.63) is 51.6 Å². The van der Waals surface area contributed by atoms with Gasteiger partial charge in [0, 0.05) is 15.8 Å². The van der Waals surface area contributed by atoms with Crippen molar-refractivity contribution in [1.82, 2.24) is 9.55 Å². The topological polar surface area (TPSA) is 79.2 Å². The van der Waals surface area contributed by atoms with Crippen molar-refractivity contribution in [1.29, 1.82) is 0 Å². The smallest absolute Gasteiger partial charge is 0.244 e. The number of imidazole rings is 1. The van der Waals surface area contributed by atoms with Crippen molar-refractivity contribution in [3.63, 3.8) is 0 Å². The van der Waals surface area contributed by atoms with Crippen LogP contribution in [0.2, 0.25) is 0 Å². The quantitative estimate of drug-likeness (QED) is 0.489. The Balaban J connectivity index is 1.82. The molecule has 1 aromatic heterocycles. The maximum atomic E-state index is 12.6. The van der Waals surface area contributed by atoms with Gasteiger partial charge in [0.15, 0.2) is 0 Å². The van der Waals surface area contributed by atoms with E-state index in [2.05, 4.69) is 38.2 Å². The molecule has 136 valence electrons. The number of nitrogens with zero attached hydrogens (tertiary/aromatic N) is 2. The van der Waals surface area contributed by atoms with Crippen LogP contribution in [0, 0.1) is 10.5 Å². The molecule has 0 saturated heterocycles. The fraction of sp³-hybridized carbons (Fsp3) is 0.263. The summed E-state index contributed by atoms with van der Waals surface area (Å²) >= 11 is 2.25. The molecule has 3 N–H and O–H groups in total. The Kier molecular flexibility index (Phi) is 5.77. The van der Waals surface area contributed by atoms with Crippen LogP contribution in [-0.4, -0.2) is 33.2 Å². The first kappa shape index (κ1) is 18.7. The van der Waals surface area contributed by atoms with Gasteiger partial charge < -0.3 is 20.3 Å². The highest BCUT2D eigenvalue weighted by molar-refractivity contribution is 14.1. The Bertz CT molecular complexity index is 936. The molecule has 1 atom stereocenters. The minimum atomic E-state index is -0.508. The molecule has 6 nitrogen and oxygen atoms in total. The standard InChI is InChI=1S/C19H21IN4O2/c1-12-7-8-14(9-15(12)20)22-18(26)11-24-17-6-4-3-5-16(17)23-19(24)21-10-13(2)25/h3-9,13,25H,10-11H2,1-2H3,(H,21,23)(H,22,26). The lowest BCUT2D eigenvalue weighted by Crippen LogP contribution is -2.22. The maximum Gasteiger partial charge on any atom is 0.244 e. The number of aliphatic hydroxyl groups is 1. The average molecular weight is 464 g/mol. The fourth-order valence-corrected chi connectivity index (χ4v) is 3.14. The third-order valence-corrected chi connectivity index (χ3v) is 5.13. The van der Waals surface area contributed by atoms with E-state index in [4.69, 9.17) is 0 Å². The number of carbonyl (C=O) groups is 1. The number of carbonyl (C=O) groups excluding carboxylic acids is 1. The number of para-hydroxylation sites is 2. The number of aryl methyl sites for hydroxylation is 1. The minimum Gasteiger partial charge on any atom is -0.392 e. The normalized spacial score (nSPS) is 12.2. The third-order valence-electron chi connectivity index (χ3n) is 3.97. The van der Waals surface area contributed by atoms with Gasteiger partial charge in [0.1, 0.15) is 6.54 Å². The molecular formula is C19H21IN4O2. The molecule has 0 saturated carbocycles. The van der Waals surface area contributed by atoms with Gasteiger partial charge in [-0.3, -0.25) is 4.79 Å². The van der Waals surface area contributed by atoms with Crippen LogP contribution in [0.3, 0.4) is 0 Å². The zero-order chi connectivity index (χ0) is 18.7. The minimum absolute atomic E-state index is 0.132. The zero-order valence-electron chi connectivity index (χ0n) is 14.7. The second-order valence-electron chi connectivity index (χ2n) is 6.25. The molecule has 0 fully saturated rings. The van der Waals surface area contributed by atoms with Crippen molar-refractivity contribution in [2.45, 2.75) is 26.5 Å². The van der Waals surface area contributed by atoms with E-state index < -0.39 is 6.10 Å². The van der Waals surface area contributed by atoms with Gasteiger partial charge >= 0.3 is 0 Å². The number of hydrogen-bond acceptors (Lipinski definition) is 4. The van der Waals surface area contributed by atoms with Crippen LogP contribution in [0.4, 0.5) is 11.6 Å². The second-order valence-corrected chi connectivity index (χ2v) is 7.41. The van der Waals surface area contributed by atoms with Crippen molar-refractivity contribution < 1.29 is 9.90 Å². The van der Waals surface area contributed by atoms with Crippen molar-refractivity contribution in [2.24, 2.45) is 0 Å². The van der Waals surface area contributed by atoms with E-state index in [9.17, 15) is 9.90 Å². The van der Waals surface area contributed by atoms with E-state index in [1.165, 1.54) is 5.56 Å². The Morgan fingerprint density at radius 1 is 1.31 bits per heavy atom. The Hall–Kier alpha value is -2.13. The molecule has 0 spiro atoms. The molecule has 1 heterocycles. The van der Waals surface area contributed by atoms with E-state index >= 15 is 0 Å². The lowest BCUT2D eigenvalue weighted by molar-refractivity contribution is -0.116. The fourth-order valence-electron chi connectivity index (χ4n) is 2.62. The third kappa shape index (κ3) is 4.34. The van der Waals surface area contributed by atoms with E-state index in [1.54, 1.807) is 6.92 Å². The second kappa shape index (κ2) is 8.05. The van der Waals surface area contributed by atoms with Crippen LogP contribution in [-0.2, 0) is 11.3 Å². The van der Waals surface area contributed by atoms with Crippen molar-refractivity contribution >= 4 is 51.2 Å². The van der Waals surface area contributed by atoms with Crippen LogP contribution in [0.25, 0.3) is 11.0 Å². The monoisotopic (exact) mass is 464 g/mol. The molecule has 1 amide bonds. The molecule has 26 heavy (non-hydrogen) atoms. The molecule has 0 radical (unpaired) electrons. The molecule has 1 unspecified atom stereocenters. The number of hydrogen-bond donors (Lipinski definition) is 3. The number of nitrogens with one attached hydrogen (secondary N) is 2. The summed E-state index contributed by atoms with van der Waals surface area (Å²) in [5, 5.41) is 15.6. The number of aliphatic hydroxyl groups excluding tert-OH is 1. The molecular weight excluding hydrogens is 443 g/mol. The lowest BCUT2D eigenvalue weighted by atomic mass is 10.2. The Labute approximate surface area is 165 Å². The van der Waals surface area contributed by atoms with Crippen LogP contribution < -0.4 is 10.6 Å².